The van der Waals surface area contributed by atoms with E-state index in [0.717, 1.165) is 25.7 Å². The lowest BCUT2D eigenvalue weighted by Crippen LogP contribution is -2.38. The van der Waals surface area contributed by atoms with Gasteiger partial charge in [0.2, 0.25) is 15.9 Å². The molecule has 1 aliphatic carbocycles. The van der Waals surface area contributed by atoms with Gasteiger partial charge in [-0.15, -0.1) is 0 Å². The van der Waals surface area contributed by atoms with E-state index in [4.69, 9.17) is 0 Å². The Bertz CT molecular complexity index is 610. The van der Waals surface area contributed by atoms with Crippen LogP contribution in [0.15, 0.2) is 29.2 Å². The zero-order valence-corrected chi connectivity index (χ0v) is 15.0. The maximum atomic E-state index is 12.7. The van der Waals surface area contributed by atoms with Crippen LogP contribution in [-0.4, -0.2) is 37.0 Å². The predicted molar refractivity (Wildman–Crippen MR) is 90.7 cm³/mol. The summed E-state index contributed by atoms with van der Waals surface area (Å²) >= 11 is 3.07. The Balaban J connectivity index is 2.13. The van der Waals surface area contributed by atoms with Crippen LogP contribution < -0.4 is 5.32 Å². The second-order valence-corrected chi connectivity index (χ2v) is 8.08. The minimum atomic E-state index is -3.48. The van der Waals surface area contributed by atoms with Crippen LogP contribution >= 0.6 is 15.9 Å². The summed E-state index contributed by atoms with van der Waals surface area (Å²) in [6.45, 7) is 0. The molecule has 5 nitrogen and oxygen atoms in total. The van der Waals surface area contributed by atoms with Gasteiger partial charge < -0.3 is 5.32 Å². The van der Waals surface area contributed by atoms with Crippen LogP contribution in [0.25, 0.3) is 0 Å². The molecule has 0 spiro atoms. The quantitative estimate of drug-likeness (QED) is 0.788. The van der Waals surface area contributed by atoms with Crippen LogP contribution in [0, 0.1) is 0 Å². The molecule has 1 N–H and O–H groups in total. The Labute approximate surface area is 140 Å². The molecule has 0 radical (unpaired) electrons. The van der Waals surface area contributed by atoms with Gasteiger partial charge in [-0.3, -0.25) is 4.79 Å². The van der Waals surface area contributed by atoms with Gasteiger partial charge in [0, 0.05) is 18.8 Å². The first kappa shape index (κ1) is 17.4. The van der Waals surface area contributed by atoms with Crippen molar-refractivity contribution in [1.29, 1.82) is 0 Å². The van der Waals surface area contributed by atoms with Gasteiger partial charge >= 0.3 is 0 Å². The molecule has 7 heteroatoms. The Morgan fingerprint density at radius 2 is 1.82 bits per heavy atom. The number of nitrogens with zero attached hydrogens (tertiary/aromatic N) is 1. The summed E-state index contributed by atoms with van der Waals surface area (Å²) < 4.78 is 26.8. The molecule has 0 atom stereocenters. The zero-order valence-electron chi connectivity index (χ0n) is 12.6. The minimum Gasteiger partial charge on any atom is -0.325 e. The largest absolute Gasteiger partial charge is 0.325 e. The van der Waals surface area contributed by atoms with E-state index < -0.39 is 10.0 Å². The first-order chi connectivity index (χ1) is 10.4. The fraction of sp³-hybridized carbons (Fsp3) is 0.533. The standard InChI is InChI=1S/C15H21BrN2O3S/c1-18(13-5-3-2-4-6-13)22(20,21)14-9-7-12(8-10-14)17-15(19)11-16/h7-10,13H,2-6,11H2,1H3,(H,17,19). The molecule has 1 amide bonds. The molecule has 0 unspecified atom stereocenters. The third-order valence-corrected chi connectivity index (χ3v) is 6.46. The molecule has 22 heavy (non-hydrogen) atoms. The summed E-state index contributed by atoms with van der Waals surface area (Å²) in [6, 6.07) is 6.40. The molecule has 1 saturated carbocycles. The number of carbonyl (C=O) groups excluding carboxylic acids is 1. The molecule has 2 rings (SSSR count). The Hall–Kier alpha value is -0.920. The van der Waals surface area contributed by atoms with Crippen LogP contribution in [0.1, 0.15) is 32.1 Å². The molecular formula is C15H21BrN2O3S. The van der Waals surface area contributed by atoms with Crippen molar-refractivity contribution < 1.29 is 13.2 Å². The SMILES string of the molecule is CN(C1CCCCC1)S(=O)(=O)c1ccc(NC(=O)CBr)cc1. The van der Waals surface area contributed by atoms with Crippen molar-refractivity contribution in [1.82, 2.24) is 4.31 Å². The van der Waals surface area contributed by atoms with E-state index in [1.807, 2.05) is 0 Å². The smallest absolute Gasteiger partial charge is 0.243 e. The monoisotopic (exact) mass is 388 g/mol. The van der Waals surface area contributed by atoms with Gasteiger partial charge in [0.05, 0.1) is 10.2 Å². The molecular weight excluding hydrogens is 368 g/mol. The summed E-state index contributed by atoms with van der Waals surface area (Å²) in [6.07, 6.45) is 5.21. The number of nitrogens with one attached hydrogen (secondary N) is 1. The Kier molecular flexibility index (Phi) is 6.00. The molecule has 0 aliphatic heterocycles. The number of hydrogen-bond donors (Lipinski definition) is 1. The maximum absolute atomic E-state index is 12.7. The topological polar surface area (TPSA) is 66.5 Å². The summed E-state index contributed by atoms with van der Waals surface area (Å²) in [7, 11) is -1.82. The first-order valence-electron chi connectivity index (χ1n) is 7.39. The van der Waals surface area contributed by atoms with E-state index in [0.29, 0.717) is 5.69 Å². The molecule has 1 aliphatic rings. The molecule has 0 aromatic heterocycles. The van der Waals surface area contributed by atoms with Crippen molar-refractivity contribution in [2.24, 2.45) is 0 Å². The highest BCUT2D eigenvalue weighted by Gasteiger charge is 2.28. The van der Waals surface area contributed by atoms with Crippen molar-refractivity contribution in [2.75, 3.05) is 17.7 Å². The normalized spacial score (nSPS) is 16.7. The van der Waals surface area contributed by atoms with Crippen LogP contribution in [0.5, 0.6) is 0 Å². The average molecular weight is 389 g/mol. The van der Waals surface area contributed by atoms with E-state index in [1.54, 1.807) is 31.3 Å². The van der Waals surface area contributed by atoms with E-state index in [9.17, 15) is 13.2 Å². The molecule has 1 fully saturated rings. The van der Waals surface area contributed by atoms with E-state index in [1.165, 1.54) is 10.7 Å². The van der Waals surface area contributed by atoms with E-state index >= 15 is 0 Å². The van der Waals surface area contributed by atoms with Crippen molar-refractivity contribution in [3.8, 4) is 0 Å². The Morgan fingerprint density at radius 3 is 2.36 bits per heavy atom. The van der Waals surface area contributed by atoms with E-state index in [-0.39, 0.29) is 22.2 Å². The molecule has 1 aromatic rings. The number of alkyl halides is 1. The van der Waals surface area contributed by atoms with Crippen LogP contribution in [0.2, 0.25) is 0 Å². The highest BCUT2D eigenvalue weighted by atomic mass is 79.9. The number of sulfonamides is 1. The average Bonchev–Trinajstić information content (AvgIpc) is 2.55. The molecule has 0 heterocycles. The van der Waals surface area contributed by atoms with Gasteiger partial charge in [-0.25, -0.2) is 8.42 Å². The van der Waals surface area contributed by atoms with Gasteiger partial charge in [0.15, 0.2) is 0 Å². The first-order valence-corrected chi connectivity index (χ1v) is 9.95. The van der Waals surface area contributed by atoms with Crippen LogP contribution in [-0.2, 0) is 14.8 Å². The predicted octanol–water partition coefficient (Wildman–Crippen LogP) is 2.97. The summed E-state index contributed by atoms with van der Waals surface area (Å²) in [5, 5.41) is 2.87. The number of benzene rings is 1. The zero-order chi connectivity index (χ0) is 16.2. The van der Waals surface area contributed by atoms with Crippen molar-refractivity contribution in [2.45, 2.75) is 43.0 Å². The molecule has 0 saturated heterocycles. The number of carbonyl (C=O) groups is 1. The van der Waals surface area contributed by atoms with E-state index in [2.05, 4.69) is 21.2 Å². The number of hydrogen-bond acceptors (Lipinski definition) is 3. The second kappa shape index (κ2) is 7.57. The molecule has 1 aromatic carbocycles. The second-order valence-electron chi connectivity index (χ2n) is 5.52. The van der Waals surface area contributed by atoms with Gasteiger partial charge in [0.25, 0.3) is 0 Å². The number of rotatable bonds is 5. The number of anilines is 1. The van der Waals surface area contributed by atoms with Crippen molar-refractivity contribution >= 4 is 37.5 Å². The lowest BCUT2D eigenvalue weighted by molar-refractivity contribution is -0.113. The summed E-state index contributed by atoms with van der Waals surface area (Å²) in [5.41, 5.74) is 0.587. The number of amides is 1. The van der Waals surface area contributed by atoms with Crippen LogP contribution in [0.4, 0.5) is 5.69 Å². The van der Waals surface area contributed by atoms with Gasteiger partial charge in [-0.2, -0.15) is 4.31 Å². The van der Waals surface area contributed by atoms with Crippen molar-refractivity contribution in [3.05, 3.63) is 24.3 Å². The number of halogens is 1. The minimum absolute atomic E-state index is 0.0894. The third-order valence-electron chi connectivity index (χ3n) is 4.03. The van der Waals surface area contributed by atoms with Gasteiger partial charge in [-0.05, 0) is 37.1 Å². The lowest BCUT2D eigenvalue weighted by Gasteiger charge is -2.30. The highest BCUT2D eigenvalue weighted by Crippen LogP contribution is 2.26. The van der Waals surface area contributed by atoms with Crippen molar-refractivity contribution in [3.63, 3.8) is 0 Å². The maximum Gasteiger partial charge on any atom is 0.243 e. The fourth-order valence-corrected chi connectivity index (χ4v) is 4.27. The molecule has 0 bridgehead atoms. The summed E-state index contributed by atoms with van der Waals surface area (Å²) in [4.78, 5) is 11.6. The Morgan fingerprint density at radius 1 is 1.23 bits per heavy atom. The van der Waals surface area contributed by atoms with Crippen LogP contribution in [0.3, 0.4) is 0 Å². The highest BCUT2D eigenvalue weighted by molar-refractivity contribution is 9.09. The van der Waals surface area contributed by atoms with Gasteiger partial charge in [-0.1, -0.05) is 35.2 Å². The van der Waals surface area contributed by atoms with Gasteiger partial charge in [0.1, 0.15) is 0 Å². The third kappa shape index (κ3) is 4.08. The lowest BCUT2D eigenvalue weighted by atomic mass is 9.96. The fourth-order valence-electron chi connectivity index (χ4n) is 2.71. The molecule has 122 valence electrons. The summed E-state index contributed by atoms with van der Waals surface area (Å²) in [5.74, 6) is -0.171.